The number of aryl methyl sites for hydroxylation is 2. The van der Waals surface area contributed by atoms with Gasteiger partial charge in [-0.15, -0.1) is 0 Å². The highest BCUT2D eigenvalue weighted by atomic mass is 15.3. The summed E-state index contributed by atoms with van der Waals surface area (Å²) in [7, 11) is 0. The zero-order valence-electron chi connectivity index (χ0n) is 15.8. The van der Waals surface area contributed by atoms with Crippen LogP contribution in [0.4, 0.5) is 0 Å². The molecule has 1 aliphatic heterocycles. The average Bonchev–Trinajstić information content (AvgIpc) is 3.05. The number of rotatable bonds is 11. The van der Waals surface area contributed by atoms with Gasteiger partial charge in [0.25, 0.3) is 0 Å². The van der Waals surface area contributed by atoms with Gasteiger partial charge in [0.15, 0.2) is 0 Å². The predicted molar refractivity (Wildman–Crippen MR) is 101 cm³/mol. The minimum atomic E-state index is 0.568. The normalized spacial score (nSPS) is 17.6. The smallest absolute Gasteiger partial charge is 0.105 e. The van der Waals surface area contributed by atoms with Gasteiger partial charge in [0.1, 0.15) is 5.82 Å². The molecule has 2 heterocycles. The third kappa shape index (κ3) is 5.60. The Kier molecular flexibility index (Phi) is 7.72. The quantitative estimate of drug-likeness (QED) is 0.603. The van der Waals surface area contributed by atoms with E-state index in [-0.39, 0.29) is 0 Å². The van der Waals surface area contributed by atoms with Crippen LogP contribution in [0.2, 0.25) is 0 Å². The van der Waals surface area contributed by atoms with Gasteiger partial charge in [-0.3, -0.25) is 4.99 Å². The van der Waals surface area contributed by atoms with Gasteiger partial charge in [0.2, 0.25) is 0 Å². The summed E-state index contributed by atoms with van der Waals surface area (Å²) in [6.07, 6.45) is 4.38. The molecule has 1 aromatic heterocycles. The van der Waals surface area contributed by atoms with Crippen LogP contribution in [0.25, 0.3) is 0 Å². The van der Waals surface area contributed by atoms with Crippen LogP contribution in [0.15, 0.2) is 11.2 Å². The largest absolute Gasteiger partial charge is 0.355 e. The second-order valence-corrected chi connectivity index (χ2v) is 6.74. The van der Waals surface area contributed by atoms with Crippen LogP contribution in [0.5, 0.6) is 0 Å². The van der Waals surface area contributed by atoms with Crippen LogP contribution < -0.4 is 10.6 Å². The van der Waals surface area contributed by atoms with Gasteiger partial charge in [0, 0.05) is 44.1 Å². The summed E-state index contributed by atoms with van der Waals surface area (Å²) in [6, 6.07) is 0.568. The Bertz CT molecular complexity index is 502. The van der Waals surface area contributed by atoms with Gasteiger partial charge >= 0.3 is 0 Å². The number of nitrogens with zero attached hydrogens (tertiary/aromatic N) is 4. The lowest BCUT2D eigenvalue weighted by Crippen LogP contribution is -2.38. The minimum Gasteiger partial charge on any atom is -0.355 e. The van der Waals surface area contributed by atoms with Crippen molar-refractivity contribution < 1.29 is 0 Å². The molecule has 2 rings (SSSR count). The van der Waals surface area contributed by atoms with E-state index >= 15 is 0 Å². The third-order valence-corrected chi connectivity index (χ3v) is 4.79. The molecule has 24 heavy (non-hydrogen) atoms. The average molecular weight is 335 g/mol. The first-order valence-corrected chi connectivity index (χ1v) is 9.27. The monoisotopic (exact) mass is 334 g/mol. The maximum absolute atomic E-state index is 4.49. The van der Waals surface area contributed by atoms with Crippen LogP contribution in [0.1, 0.15) is 38.2 Å². The fraction of sp³-hybridized carbons (Fsp3) is 0.778. The second-order valence-electron chi connectivity index (χ2n) is 6.74. The summed E-state index contributed by atoms with van der Waals surface area (Å²) in [5.41, 5.74) is 1.24. The highest BCUT2D eigenvalue weighted by Gasteiger charge is 2.19. The van der Waals surface area contributed by atoms with Crippen molar-refractivity contribution in [3.8, 4) is 0 Å². The molecule has 0 saturated heterocycles. The third-order valence-electron chi connectivity index (χ3n) is 4.79. The first-order valence-electron chi connectivity index (χ1n) is 9.27. The van der Waals surface area contributed by atoms with Crippen molar-refractivity contribution in [2.45, 2.75) is 53.1 Å². The van der Waals surface area contributed by atoms with E-state index in [1.807, 2.05) is 6.20 Å². The molecule has 6 heteroatoms. The Morgan fingerprint density at radius 3 is 2.25 bits per heavy atom. The van der Waals surface area contributed by atoms with E-state index in [9.17, 15) is 0 Å². The molecule has 1 atom stereocenters. The number of nitrogens with one attached hydrogen (secondary N) is 2. The summed E-state index contributed by atoms with van der Waals surface area (Å²) in [4.78, 5) is 11.2. The van der Waals surface area contributed by atoms with Crippen molar-refractivity contribution in [3.05, 3.63) is 17.7 Å². The van der Waals surface area contributed by atoms with Crippen LogP contribution in [-0.2, 0) is 6.54 Å². The number of imidazole rings is 1. The molecule has 6 nitrogen and oxygen atoms in total. The molecule has 0 amide bonds. The van der Waals surface area contributed by atoms with Gasteiger partial charge in [-0.05, 0) is 53.6 Å². The summed E-state index contributed by atoms with van der Waals surface area (Å²) in [5, 5.41) is 7.07. The highest BCUT2D eigenvalue weighted by Crippen LogP contribution is 2.08. The SMILES string of the molecule is CC1=NCC(C)N1CCNCCCCNCCn1c(C)cnc1C. The van der Waals surface area contributed by atoms with Gasteiger partial charge in [-0.25, -0.2) is 4.98 Å². The summed E-state index contributed by atoms with van der Waals surface area (Å²) < 4.78 is 2.26. The topological polar surface area (TPSA) is 57.5 Å². The second kappa shape index (κ2) is 9.79. The van der Waals surface area contributed by atoms with Crippen molar-refractivity contribution in [3.63, 3.8) is 0 Å². The molecule has 1 aromatic rings. The van der Waals surface area contributed by atoms with E-state index in [1.165, 1.54) is 24.4 Å². The Labute approximate surface area is 146 Å². The lowest BCUT2D eigenvalue weighted by atomic mass is 10.3. The Morgan fingerprint density at radius 2 is 1.71 bits per heavy atom. The van der Waals surface area contributed by atoms with E-state index in [4.69, 9.17) is 0 Å². The lowest BCUT2D eigenvalue weighted by molar-refractivity contribution is 0.357. The Balaban J connectivity index is 1.41. The zero-order valence-corrected chi connectivity index (χ0v) is 15.8. The van der Waals surface area contributed by atoms with Crippen molar-refractivity contribution in [2.75, 3.05) is 39.3 Å². The zero-order chi connectivity index (χ0) is 17.4. The van der Waals surface area contributed by atoms with E-state index < -0.39 is 0 Å². The molecular weight excluding hydrogens is 300 g/mol. The number of amidine groups is 1. The van der Waals surface area contributed by atoms with Crippen molar-refractivity contribution >= 4 is 5.84 Å². The number of aliphatic imine (C=N–C) groups is 1. The standard InChI is InChI=1S/C18H34N6/c1-15-13-21-17(3)23(15)11-9-19-7-5-6-8-20-10-12-24-16(2)14-22-18(24)4/h13,16,19-20H,5-12,14H2,1-4H3. The van der Waals surface area contributed by atoms with Crippen molar-refractivity contribution in [1.29, 1.82) is 0 Å². The molecule has 136 valence electrons. The molecule has 0 radical (unpaired) electrons. The van der Waals surface area contributed by atoms with Crippen LogP contribution in [0.3, 0.4) is 0 Å². The first kappa shape index (κ1) is 18.9. The molecule has 0 saturated carbocycles. The first-order chi connectivity index (χ1) is 11.6. The number of aromatic nitrogens is 2. The number of unbranched alkanes of at least 4 members (excludes halogenated alkanes) is 1. The van der Waals surface area contributed by atoms with E-state index in [1.54, 1.807) is 0 Å². The molecule has 0 spiro atoms. The molecular formula is C18H34N6. The van der Waals surface area contributed by atoms with Crippen LogP contribution in [-0.4, -0.2) is 65.6 Å². The van der Waals surface area contributed by atoms with Crippen molar-refractivity contribution in [2.24, 2.45) is 4.99 Å². The maximum Gasteiger partial charge on any atom is 0.105 e. The van der Waals surface area contributed by atoms with Gasteiger partial charge in [-0.1, -0.05) is 0 Å². The Morgan fingerprint density at radius 1 is 1.04 bits per heavy atom. The summed E-state index contributed by atoms with van der Waals surface area (Å²) in [5.74, 6) is 2.29. The molecule has 0 fully saturated rings. The van der Waals surface area contributed by atoms with E-state index in [2.05, 4.69) is 57.8 Å². The molecule has 1 aliphatic rings. The van der Waals surface area contributed by atoms with E-state index in [0.717, 1.165) is 51.6 Å². The van der Waals surface area contributed by atoms with E-state index in [0.29, 0.717) is 6.04 Å². The van der Waals surface area contributed by atoms with Crippen molar-refractivity contribution in [1.82, 2.24) is 25.1 Å². The molecule has 2 N–H and O–H groups in total. The number of hydrogen-bond donors (Lipinski definition) is 2. The molecule has 0 bridgehead atoms. The van der Waals surface area contributed by atoms with Crippen LogP contribution in [0, 0.1) is 13.8 Å². The van der Waals surface area contributed by atoms with Gasteiger partial charge in [-0.2, -0.15) is 0 Å². The summed E-state index contributed by atoms with van der Waals surface area (Å²) >= 11 is 0. The molecule has 0 aliphatic carbocycles. The highest BCUT2D eigenvalue weighted by molar-refractivity contribution is 5.81. The fourth-order valence-corrected chi connectivity index (χ4v) is 3.21. The maximum atomic E-state index is 4.49. The molecule has 1 unspecified atom stereocenters. The van der Waals surface area contributed by atoms with Gasteiger partial charge < -0.3 is 20.1 Å². The lowest BCUT2D eigenvalue weighted by Gasteiger charge is -2.24. The van der Waals surface area contributed by atoms with Crippen LogP contribution >= 0.6 is 0 Å². The predicted octanol–water partition coefficient (Wildman–Crippen LogP) is 1.58. The van der Waals surface area contributed by atoms with Gasteiger partial charge in [0.05, 0.1) is 12.4 Å². The minimum absolute atomic E-state index is 0.568. The Hall–Kier alpha value is -1.40. The fourth-order valence-electron chi connectivity index (χ4n) is 3.21. The summed E-state index contributed by atoms with van der Waals surface area (Å²) in [6.45, 7) is 15.8. The number of hydrogen-bond acceptors (Lipinski definition) is 5. The molecule has 0 aromatic carbocycles.